The molecule has 0 bridgehead atoms. The normalized spacial score (nSPS) is 11.0. The molecule has 16 heavy (non-hydrogen) atoms. The first-order valence-corrected chi connectivity index (χ1v) is 6.62. The largest absolute Gasteiger partial charge is 0.379 e. The van der Waals surface area contributed by atoms with Gasteiger partial charge >= 0.3 is 0 Å². The minimum Gasteiger partial charge on any atom is -0.379 e. The Bertz CT molecular complexity index is 292. The summed E-state index contributed by atoms with van der Waals surface area (Å²) < 4.78 is 6.44. The van der Waals surface area contributed by atoms with E-state index in [4.69, 9.17) is 16.3 Å². The van der Waals surface area contributed by atoms with Crippen LogP contribution in [0, 0.1) is 0 Å². The van der Waals surface area contributed by atoms with Gasteiger partial charge in [-0.1, -0.05) is 28.1 Å². The van der Waals surface area contributed by atoms with Crippen molar-refractivity contribution >= 4 is 27.5 Å². The molecule has 90 valence electrons. The highest BCUT2D eigenvalue weighted by Gasteiger charge is 2.00. The van der Waals surface area contributed by atoms with Crippen LogP contribution in [0.5, 0.6) is 0 Å². The molecule has 0 aromatic heterocycles. The zero-order valence-electron chi connectivity index (χ0n) is 9.46. The van der Waals surface area contributed by atoms with E-state index in [1.54, 1.807) is 0 Å². The topological polar surface area (TPSA) is 12.5 Å². The van der Waals surface area contributed by atoms with E-state index in [1.807, 2.05) is 0 Å². The van der Waals surface area contributed by atoms with Crippen LogP contribution in [0.25, 0.3) is 0 Å². The summed E-state index contributed by atoms with van der Waals surface area (Å²) in [6, 6.07) is 8.38. The molecule has 1 aromatic carbocycles. The molecule has 4 heteroatoms. The van der Waals surface area contributed by atoms with Crippen LogP contribution in [0.2, 0.25) is 0 Å². The first kappa shape index (κ1) is 14.0. The number of nitrogens with zero attached hydrogens (tertiary/aromatic N) is 1. The Morgan fingerprint density at radius 3 is 2.56 bits per heavy atom. The molecule has 0 aliphatic heterocycles. The molecule has 0 spiro atoms. The molecule has 0 aliphatic rings. The summed E-state index contributed by atoms with van der Waals surface area (Å²) in [5.41, 5.74) is 1.31. The van der Waals surface area contributed by atoms with Gasteiger partial charge in [0.25, 0.3) is 0 Å². The Labute approximate surface area is 111 Å². The van der Waals surface area contributed by atoms with Crippen molar-refractivity contribution in [3.05, 3.63) is 34.3 Å². The molecule has 0 atom stereocenters. The van der Waals surface area contributed by atoms with Gasteiger partial charge in [-0.25, -0.2) is 0 Å². The standard InChI is InChI=1S/C12H17BrClNO/c1-15(7-9-16-8-6-14)10-11-2-4-12(13)5-3-11/h2-5H,6-10H2,1H3. The predicted molar refractivity (Wildman–Crippen MR) is 72.0 cm³/mol. The van der Waals surface area contributed by atoms with Crippen molar-refractivity contribution in [2.24, 2.45) is 0 Å². The van der Waals surface area contributed by atoms with Crippen LogP contribution in [-0.4, -0.2) is 37.6 Å². The monoisotopic (exact) mass is 305 g/mol. The molecule has 2 nitrogen and oxygen atoms in total. The third-order valence-electron chi connectivity index (χ3n) is 2.20. The zero-order valence-corrected chi connectivity index (χ0v) is 11.8. The number of hydrogen-bond acceptors (Lipinski definition) is 2. The summed E-state index contributed by atoms with van der Waals surface area (Å²) in [6.07, 6.45) is 0. The van der Waals surface area contributed by atoms with Crippen LogP contribution in [0.15, 0.2) is 28.7 Å². The van der Waals surface area contributed by atoms with Gasteiger partial charge in [0.15, 0.2) is 0 Å². The van der Waals surface area contributed by atoms with E-state index in [0.717, 1.165) is 24.2 Å². The summed E-state index contributed by atoms with van der Waals surface area (Å²) in [5.74, 6) is 0.566. The first-order chi connectivity index (χ1) is 7.72. The highest BCUT2D eigenvalue weighted by atomic mass is 79.9. The summed E-state index contributed by atoms with van der Waals surface area (Å²) in [7, 11) is 2.09. The first-order valence-electron chi connectivity index (χ1n) is 5.29. The maximum Gasteiger partial charge on any atom is 0.0602 e. The molecule has 1 rings (SSSR count). The summed E-state index contributed by atoms with van der Waals surface area (Å²) in [5, 5.41) is 0. The van der Waals surface area contributed by atoms with Crippen molar-refractivity contribution < 1.29 is 4.74 Å². The Morgan fingerprint density at radius 1 is 1.25 bits per heavy atom. The van der Waals surface area contributed by atoms with Crippen LogP contribution < -0.4 is 0 Å². The van der Waals surface area contributed by atoms with Crippen LogP contribution >= 0.6 is 27.5 Å². The van der Waals surface area contributed by atoms with E-state index in [-0.39, 0.29) is 0 Å². The van der Waals surface area contributed by atoms with Gasteiger partial charge in [0.05, 0.1) is 13.2 Å². The van der Waals surface area contributed by atoms with E-state index in [1.165, 1.54) is 5.56 Å². The fourth-order valence-electron chi connectivity index (χ4n) is 1.36. The van der Waals surface area contributed by atoms with E-state index in [2.05, 4.69) is 52.1 Å². The zero-order chi connectivity index (χ0) is 11.8. The van der Waals surface area contributed by atoms with Crippen LogP contribution in [-0.2, 0) is 11.3 Å². The van der Waals surface area contributed by atoms with Crippen molar-refractivity contribution in [1.82, 2.24) is 4.90 Å². The van der Waals surface area contributed by atoms with Gasteiger partial charge in [-0.15, -0.1) is 11.6 Å². The third kappa shape index (κ3) is 5.85. The summed E-state index contributed by atoms with van der Waals surface area (Å²) in [4.78, 5) is 2.23. The van der Waals surface area contributed by atoms with Crippen molar-refractivity contribution in [2.75, 3.05) is 32.7 Å². The van der Waals surface area contributed by atoms with Gasteiger partial charge < -0.3 is 4.74 Å². The minimum atomic E-state index is 0.566. The SMILES string of the molecule is CN(CCOCCCl)Cc1ccc(Br)cc1. The fourth-order valence-corrected chi connectivity index (χ4v) is 1.73. The Hall–Kier alpha value is -0.0900. The van der Waals surface area contributed by atoms with Gasteiger partial charge in [-0.2, -0.15) is 0 Å². The van der Waals surface area contributed by atoms with Crippen LogP contribution in [0.1, 0.15) is 5.56 Å². The lowest BCUT2D eigenvalue weighted by atomic mass is 10.2. The van der Waals surface area contributed by atoms with E-state index in [0.29, 0.717) is 12.5 Å². The van der Waals surface area contributed by atoms with E-state index in [9.17, 15) is 0 Å². The lowest BCUT2D eigenvalue weighted by molar-refractivity contribution is 0.122. The highest BCUT2D eigenvalue weighted by molar-refractivity contribution is 9.10. The number of hydrogen-bond donors (Lipinski definition) is 0. The number of ether oxygens (including phenoxy) is 1. The molecule has 0 amide bonds. The second-order valence-corrected chi connectivity index (χ2v) is 4.96. The molecule has 0 radical (unpaired) electrons. The Balaban J connectivity index is 2.23. The lowest BCUT2D eigenvalue weighted by Gasteiger charge is -2.16. The molecular weight excluding hydrogens is 289 g/mol. The van der Waals surface area contributed by atoms with Gasteiger partial charge in [0, 0.05) is 23.4 Å². The number of rotatable bonds is 7. The van der Waals surface area contributed by atoms with Gasteiger partial charge in [0.1, 0.15) is 0 Å². The number of halogens is 2. The highest BCUT2D eigenvalue weighted by Crippen LogP contribution is 2.11. The van der Waals surface area contributed by atoms with Crippen LogP contribution in [0.3, 0.4) is 0 Å². The van der Waals surface area contributed by atoms with E-state index >= 15 is 0 Å². The average molecular weight is 307 g/mol. The van der Waals surface area contributed by atoms with Crippen molar-refractivity contribution in [1.29, 1.82) is 0 Å². The van der Waals surface area contributed by atoms with Crippen molar-refractivity contribution in [3.8, 4) is 0 Å². The smallest absolute Gasteiger partial charge is 0.0602 e. The molecule has 0 unspecified atom stereocenters. The summed E-state index contributed by atoms with van der Waals surface area (Å²) >= 11 is 8.94. The van der Waals surface area contributed by atoms with Crippen LogP contribution in [0.4, 0.5) is 0 Å². The maximum atomic E-state index is 5.52. The molecule has 1 aromatic rings. The minimum absolute atomic E-state index is 0.566. The van der Waals surface area contributed by atoms with Gasteiger partial charge in [0.2, 0.25) is 0 Å². The quantitative estimate of drug-likeness (QED) is 0.567. The number of benzene rings is 1. The van der Waals surface area contributed by atoms with Gasteiger partial charge in [-0.05, 0) is 24.7 Å². The molecule has 0 saturated heterocycles. The molecule has 0 saturated carbocycles. The molecule has 0 N–H and O–H groups in total. The Morgan fingerprint density at radius 2 is 1.94 bits per heavy atom. The number of alkyl halides is 1. The third-order valence-corrected chi connectivity index (χ3v) is 2.89. The molecule has 0 aliphatic carbocycles. The number of likely N-dealkylation sites (N-methyl/N-ethyl adjacent to an activating group) is 1. The van der Waals surface area contributed by atoms with Crippen molar-refractivity contribution in [2.45, 2.75) is 6.54 Å². The van der Waals surface area contributed by atoms with Gasteiger partial charge in [-0.3, -0.25) is 4.90 Å². The van der Waals surface area contributed by atoms with E-state index < -0.39 is 0 Å². The second-order valence-electron chi connectivity index (χ2n) is 3.67. The molecular formula is C12H17BrClNO. The molecule has 0 heterocycles. The fraction of sp³-hybridized carbons (Fsp3) is 0.500. The summed E-state index contributed by atoms with van der Waals surface area (Å²) in [6.45, 7) is 3.23. The van der Waals surface area contributed by atoms with Crippen molar-refractivity contribution in [3.63, 3.8) is 0 Å². The molecule has 0 fully saturated rings. The predicted octanol–water partition coefficient (Wildman–Crippen LogP) is 3.14. The Kier molecular flexibility index (Phi) is 7.05. The second kappa shape index (κ2) is 8.07. The maximum absolute atomic E-state index is 5.52. The lowest BCUT2D eigenvalue weighted by Crippen LogP contribution is -2.23. The average Bonchev–Trinajstić information content (AvgIpc) is 2.28.